The molecule has 0 aliphatic carbocycles. The number of carbonyl (C=O) groups is 1. The van der Waals surface area contributed by atoms with Crippen LogP contribution in [0.4, 0.5) is 9.93 Å². The fourth-order valence-electron chi connectivity index (χ4n) is 3.01. The first-order valence-corrected chi connectivity index (χ1v) is 9.77. The normalized spacial score (nSPS) is 13.6. The van der Waals surface area contributed by atoms with Gasteiger partial charge in [-0.05, 0) is 37.5 Å². The number of nitrogens with one attached hydrogen (secondary N) is 1. The number of ether oxygens (including phenoxy) is 1. The van der Waals surface area contributed by atoms with Crippen molar-refractivity contribution in [2.45, 2.75) is 46.0 Å². The zero-order valence-electron chi connectivity index (χ0n) is 15.9. The van der Waals surface area contributed by atoms with E-state index in [9.17, 15) is 9.59 Å². The molecule has 0 saturated carbocycles. The summed E-state index contributed by atoms with van der Waals surface area (Å²) in [5.74, 6) is 0. The summed E-state index contributed by atoms with van der Waals surface area (Å²) in [5, 5.41) is 8.12. The van der Waals surface area contributed by atoms with E-state index in [2.05, 4.69) is 21.5 Å². The second-order valence-corrected chi connectivity index (χ2v) is 8.63. The Bertz CT molecular complexity index is 1100. The fraction of sp³-hybridized carbons (Fsp3) is 0.368. The Balaban J connectivity index is 1.43. The number of rotatable bonds is 3. The molecule has 3 aromatic rings. The van der Waals surface area contributed by atoms with Crippen molar-refractivity contribution in [1.82, 2.24) is 19.5 Å². The van der Waals surface area contributed by atoms with Gasteiger partial charge >= 0.3 is 6.09 Å². The smallest absolute Gasteiger partial charge is 0.410 e. The molecule has 1 aliphatic heterocycles. The van der Waals surface area contributed by atoms with Crippen molar-refractivity contribution in [3.63, 3.8) is 0 Å². The number of amides is 1. The van der Waals surface area contributed by atoms with Gasteiger partial charge in [-0.1, -0.05) is 29.5 Å². The van der Waals surface area contributed by atoms with Crippen molar-refractivity contribution in [1.29, 1.82) is 0 Å². The van der Waals surface area contributed by atoms with Crippen LogP contribution < -0.4 is 10.9 Å². The van der Waals surface area contributed by atoms with Crippen LogP contribution in [0, 0.1) is 0 Å². The monoisotopic (exact) mass is 399 g/mol. The molecule has 0 radical (unpaired) electrons. The molecule has 1 aliphatic rings. The Hall–Kier alpha value is -2.94. The summed E-state index contributed by atoms with van der Waals surface area (Å²) in [5.41, 5.74) is 2.62. The fourth-order valence-corrected chi connectivity index (χ4v) is 3.78. The number of fused-ring (bicyclic) bond motifs is 2. The number of hydrogen-bond acceptors (Lipinski definition) is 7. The number of anilines is 1. The molecule has 28 heavy (non-hydrogen) atoms. The highest BCUT2D eigenvalue weighted by molar-refractivity contribution is 7.20. The van der Waals surface area contributed by atoms with E-state index in [0.717, 1.165) is 16.7 Å². The van der Waals surface area contributed by atoms with Crippen LogP contribution in [0.1, 0.15) is 37.5 Å². The molecule has 9 heteroatoms. The summed E-state index contributed by atoms with van der Waals surface area (Å²) in [7, 11) is 0. The number of hydrogen-bond donors (Lipinski definition) is 1. The molecule has 0 bridgehead atoms. The van der Waals surface area contributed by atoms with Crippen molar-refractivity contribution in [3.8, 4) is 0 Å². The van der Waals surface area contributed by atoms with E-state index >= 15 is 0 Å². The van der Waals surface area contributed by atoms with Gasteiger partial charge in [0, 0.05) is 31.9 Å². The number of aromatic nitrogens is 3. The van der Waals surface area contributed by atoms with Gasteiger partial charge < -0.3 is 10.1 Å². The second kappa shape index (κ2) is 6.90. The van der Waals surface area contributed by atoms with E-state index in [1.807, 2.05) is 32.9 Å². The van der Waals surface area contributed by atoms with Gasteiger partial charge in [0.05, 0.1) is 0 Å². The van der Waals surface area contributed by atoms with E-state index in [-0.39, 0.29) is 11.7 Å². The molecule has 3 heterocycles. The molecular formula is C19H21N5O3S. The highest BCUT2D eigenvalue weighted by Crippen LogP contribution is 2.26. The Morgan fingerprint density at radius 1 is 1.25 bits per heavy atom. The molecule has 146 valence electrons. The Kier molecular flexibility index (Phi) is 4.54. The zero-order valence-corrected chi connectivity index (χ0v) is 16.7. The second-order valence-electron chi connectivity index (χ2n) is 7.68. The lowest BCUT2D eigenvalue weighted by molar-refractivity contribution is 0.0242. The molecule has 1 aromatic carbocycles. The summed E-state index contributed by atoms with van der Waals surface area (Å²) in [4.78, 5) is 30.5. The maximum absolute atomic E-state index is 12.3. The van der Waals surface area contributed by atoms with Crippen LogP contribution in [0.3, 0.4) is 0 Å². The quantitative estimate of drug-likeness (QED) is 0.728. The van der Waals surface area contributed by atoms with Gasteiger partial charge in [0.25, 0.3) is 5.56 Å². The van der Waals surface area contributed by atoms with Gasteiger partial charge in [0.15, 0.2) is 0 Å². The van der Waals surface area contributed by atoms with Gasteiger partial charge in [0.1, 0.15) is 5.60 Å². The van der Waals surface area contributed by atoms with Crippen LogP contribution in [-0.2, 0) is 24.4 Å². The van der Waals surface area contributed by atoms with Crippen molar-refractivity contribution in [2.75, 3.05) is 5.32 Å². The molecule has 0 unspecified atom stereocenters. The zero-order chi connectivity index (χ0) is 19.9. The van der Waals surface area contributed by atoms with Gasteiger partial charge in [0.2, 0.25) is 10.1 Å². The first kappa shape index (κ1) is 18.4. The third-order valence-electron chi connectivity index (χ3n) is 4.26. The minimum absolute atomic E-state index is 0.200. The van der Waals surface area contributed by atoms with Crippen molar-refractivity contribution < 1.29 is 9.53 Å². The molecule has 0 fully saturated rings. The number of carbonyl (C=O) groups excluding carboxylic acids is 1. The Morgan fingerprint density at radius 2 is 2.04 bits per heavy atom. The molecule has 2 aromatic heterocycles. The maximum Gasteiger partial charge on any atom is 0.410 e. The third kappa shape index (κ3) is 3.84. The minimum atomic E-state index is -0.505. The first-order chi connectivity index (χ1) is 13.3. The third-order valence-corrected chi connectivity index (χ3v) is 5.14. The van der Waals surface area contributed by atoms with Crippen LogP contribution in [0.2, 0.25) is 0 Å². The van der Waals surface area contributed by atoms with Gasteiger partial charge in [-0.3, -0.25) is 9.69 Å². The van der Waals surface area contributed by atoms with Crippen molar-refractivity contribution in [2.24, 2.45) is 0 Å². The molecule has 1 N–H and O–H groups in total. The maximum atomic E-state index is 12.3. The highest BCUT2D eigenvalue weighted by Gasteiger charge is 2.27. The number of nitrogens with zero attached hydrogens (tertiary/aromatic N) is 4. The van der Waals surface area contributed by atoms with E-state index in [1.54, 1.807) is 4.90 Å². The van der Waals surface area contributed by atoms with Crippen molar-refractivity contribution >= 4 is 27.5 Å². The molecule has 1 amide bonds. The molecular weight excluding hydrogens is 378 g/mol. The largest absolute Gasteiger partial charge is 0.444 e. The van der Waals surface area contributed by atoms with E-state index < -0.39 is 5.60 Å². The molecule has 4 rings (SSSR count). The SMILES string of the molecule is CC(C)(C)OC(=O)N1Cc2ccc(CNc3nn4c(=O)ccnc4s3)cc2C1. The molecule has 0 atom stereocenters. The summed E-state index contributed by atoms with van der Waals surface area (Å²) >= 11 is 1.33. The van der Waals surface area contributed by atoms with Crippen molar-refractivity contribution in [3.05, 3.63) is 57.5 Å². The average Bonchev–Trinajstić information content (AvgIpc) is 3.22. The molecule has 8 nitrogen and oxygen atoms in total. The highest BCUT2D eigenvalue weighted by atomic mass is 32.1. The van der Waals surface area contributed by atoms with Crippen LogP contribution in [0.25, 0.3) is 4.96 Å². The van der Waals surface area contributed by atoms with Crippen LogP contribution >= 0.6 is 11.3 Å². The standard InChI is InChI=1S/C19H21N5O3S/c1-19(2,3)27-18(26)23-10-13-5-4-12(8-14(13)11-23)9-21-16-22-24-15(25)6-7-20-17(24)28-16/h4-8H,9-11H2,1-3H3,(H,21,22). The average molecular weight is 399 g/mol. The summed E-state index contributed by atoms with van der Waals surface area (Å²) in [6.45, 7) is 7.26. The van der Waals surface area contributed by atoms with Gasteiger partial charge in [-0.15, -0.1) is 5.10 Å². The van der Waals surface area contributed by atoms with Crippen LogP contribution in [-0.4, -0.2) is 31.2 Å². The first-order valence-electron chi connectivity index (χ1n) is 8.96. The predicted octanol–water partition coefficient (Wildman–Crippen LogP) is 3.01. The lowest BCUT2D eigenvalue weighted by atomic mass is 10.1. The lowest BCUT2D eigenvalue weighted by Gasteiger charge is -2.24. The van der Waals surface area contributed by atoms with E-state index in [0.29, 0.717) is 29.7 Å². The van der Waals surface area contributed by atoms with Gasteiger partial charge in [-0.2, -0.15) is 4.52 Å². The predicted molar refractivity (Wildman–Crippen MR) is 106 cm³/mol. The lowest BCUT2D eigenvalue weighted by Crippen LogP contribution is -2.33. The van der Waals surface area contributed by atoms with Crippen LogP contribution in [0.5, 0.6) is 0 Å². The Labute approximate surface area is 165 Å². The number of benzene rings is 1. The Morgan fingerprint density at radius 3 is 2.79 bits per heavy atom. The van der Waals surface area contributed by atoms with E-state index in [1.165, 1.54) is 28.1 Å². The van der Waals surface area contributed by atoms with Crippen LogP contribution in [0.15, 0.2) is 35.3 Å². The molecule has 0 spiro atoms. The molecule has 0 saturated heterocycles. The summed E-state index contributed by atoms with van der Waals surface area (Å²) in [6.07, 6.45) is 1.19. The minimum Gasteiger partial charge on any atom is -0.444 e. The van der Waals surface area contributed by atoms with E-state index in [4.69, 9.17) is 4.74 Å². The topological polar surface area (TPSA) is 88.8 Å². The summed E-state index contributed by atoms with van der Waals surface area (Å²) < 4.78 is 6.75. The van der Waals surface area contributed by atoms with Gasteiger partial charge in [-0.25, -0.2) is 9.78 Å². The summed E-state index contributed by atoms with van der Waals surface area (Å²) in [6, 6.07) is 7.54.